The first-order valence-corrected chi connectivity index (χ1v) is 12.9. The van der Waals surface area contributed by atoms with Crippen molar-refractivity contribution in [3.05, 3.63) is 17.3 Å². The van der Waals surface area contributed by atoms with E-state index in [1.54, 1.807) is 34.1 Å². The SMILES string of the molecule is COCCCN(CCOC)CC1=Cc2cc(S(N)(=O)=O)sc2S(=O)(=O)N1C(C)C.Cl. The Bertz CT molecular complexity index is 944. The first-order chi connectivity index (χ1) is 13.5. The molecule has 1 aromatic heterocycles. The summed E-state index contributed by atoms with van der Waals surface area (Å²) in [7, 11) is -4.62. The van der Waals surface area contributed by atoms with Crippen molar-refractivity contribution in [3.8, 4) is 0 Å². The van der Waals surface area contributed by atoms with Crippen LogP contribution in [0.1, 0.15) is 25.8 Å². The molecule has 0 amide bonds. The van der Waals surface area contributed by atoms with Crippen LogP contribution in [0.4, 0.5) is 0 Å². The number of halogens is 1. The monoisotopic (exact) mass is 503 g/mol. The maximum absolute atomic E-state index is 13.2. The summed E-state index contributed by atoms with van der Waals surface area (Å²) in [5, 5.41) is 5.21. The van der Waals surface area contributed by atoms with Crippen LogP contribution in [-0.2, 0) is 29.5 Å². The van der Waals surface area contributed by atoms with E-state index in [4.69, 9.17) is 14.6 Å². The molecule has 0 saturated heterocycles. The Balaban J connectivity index is 0.00000450. The van der Waals surface area contributed by atoms with Crippen LogP contribution < -0.4 is 5.14 Å². The third kappa shape index (κ3) is 6.39. The van der Waals surface area contributed by atoms with Crippen LogP contribution in [0.25, 0.3) is 6.08 Å². The van der Waals surface area contributed by atoms with E-state index >= 15 is 0 Å². The zero-order chi connectivity index (χ0) is 21.8. The number of hydrogen-bond donors (Lipinski definition) is 1. The fourth-order valence-electron chi connectivity index (χ4n) is 3.17. The third-order valence-electron chi connectivity index (χ3n) is 4.37. The number of thiophene rings is 1. The molecule has 0 bridgehead atoms. The quantitative estimate of drug-likeness (QED) is 0.455. The van der Waals surface area contributed by atoms with E-state index in [2.05, 4.69) is 4.90 Å². The maximum atomic E-state index is 13.2. The molecule has 1 aromatic rings. The molecule has 0 spiro atoms. The summed E-state index contributed by atoms with van der Waals surface area (Å²) in [6.45, 7) is 6.39. The van der Waals surface area contributed by atoms with Crippen LogP contribution in [0, 0.1) is 0 Å². The summed E-state index contributed by atoms with van der Waals surface area (Å²) in [6.07, 6.45) is 2.53. The summed E-state index contributed by atoms with van der Waals surface area (Å²) in [6, 6.07) is 0.997. The molecule has 0 fully saturated rings. The van der Waals surface area contributed by atoms with Gasteiger partial charge in [0.2, 0.25) is 10.0 Å². The van der Waals surface area contributed by atoms with E-state index < -0.39 is 20.0 Å². The van der Waals surface area contributed by atoms with Crippen LogP contribution in [0.5, 0.6) is 0 Å². The predicted octanol–water partition coefficient (Wildman–Crippen LogP) is 1.56. The first kappa shape index (κ1) is 27.3. The zero-order valence-corrected chi connectivity index (χ0v) is 20.8. The maximum Gasteiger partial charge on any atom is 0.274 e. The van der Waals surface area contributed by atoms with Gasteiger partial charge in [-0.3, -0.25) is 9.21 Å². The molecule has 13 heteroatoms. The predicted molar refractivity (Wildman–Crippen MR) is 120 cm³/mol. The van der Waals surface area contributed by atoms with E-state index in [-0.39, 0.29) is 26.9 Å². The van der Waals surface area contributed by atoms with Crippen LogP contribution in [-0.4, -0.2) is 79.2 Å². The van der Waals surface area contributed by atoms with Crippen molar-refractivity contribution in [2.75, 3.05) is 47.1 Å². The summed E-state index contributed by atoms with van der Waals surface area (Å²) >= 11 is 0.685. The Labute approximate surface area is 189 Å². The van der Waals surface area contributed by atoms with Crippen LogP contribution >= 0.6 is 23.7 Å². The van der Waals surface area contributed by atoms with Gasteiger partial charge in [0, 0.05) is 57.8 Å². The van der Waals surface area contributed by atoms with Gasteiger partial charge in [0.1, 0.15) is 8.42 Å². The Morgan fingerprint density at radius 2 is 1.83 bits per heavy atom. The number of nitrogens with zero attached hydrogens (tertiary/aromatic N) is 2. The lowest BCUT2D eigenvalue weighted by Gasteiger charge is -2.35. The average Bonchev–Trinajstić information content (AvgIpc) is 3.04. The molecule has 2 N–H and O–H groups in total. The molecule has 0 unspecified atom stereocenters. The fraction of sp³-hybridized carbons (Fsp3) is 0.647. The first-order valence-electron chi connectivity index (χ1n) is 9.14. The molecule has 2 rings (SSSR count). The highest BCUT2D eigenvalue weighted by molar-refractivity contribution is 7.94. The van der Waals surface area contributed by atoms with E-state index in [1.807, 2.05) is 0 Å². The summed E-state index contributed by atoms with van der Waals surface area (Å²) < 4.78 is 61.4. The van der Waals surface area contributed by atoms with Gasteiger partial charge in [-0.1, -0.05) is 0 Å². The van der Waals surface area contributed by atoms with Gasteiger partial charge in [0.15, 0.2) is 0 Å². The molecule has 174 valence electrons. The van der Waals surface area contributed by atoms with Crippen molar-refractivity contribution in [2.24, 2.45) is 5.14 Å². The van der Waals surface area contributed by atoms with E-state index in [0.717, 1.165) is 6.42 Å². The normalized spacial score (nSPS) is 15.8. The Kier molecular flexibility index (Phi) is 10.2. The standard InChI is InChI=1S/C17H29N3O6S3.ClH/c1-13(2)20-15(12-19(7-9-26-4)6-5-8-25-3)10-14-11-16(28(18,21)22)27-17(14)29(20,23)24;/h10-11,13H,5-9,12H2,1-4H3,(H2,18,21,22);1H. The van der Waals surface area contributed by atoms with Gasteiger partial charge in [-0.25, -0.2) is 22.0 Å². The van der Waals surface area contributed by atoms with Gasteiger partial charge < -0.3 is 9.47 Å². The van der Waals surface area contributed by atoms with Crippen molar-refractivity contribution in [1.29, 1.82) is 0 Å². The largest absolute Gasteiger partial charge is 0.385 e. The van der Waals surface area contributed by atoms with Crippen molar-refractivity contribution in [2.45, 2.75) is 34.7 Å². The second-order valence-electron chi connectivity index (χ2n) is 7.00. The van der Waals surface area contributed by atoms with Gasteiger partial charge in [-0.2, -0.15) is 0 Å². The minimum Gasteiger partial charge on any atom is -0.385 e. The molecule has 1 aliphatic rings. The van der Waals surface area contributed by atoms with Crippen molar-refractivity contribution < 1.29 is 26.3 Å². The van der Waals surface area contributed by atoms with Crippen molar-refractivity contribution in [1.82, 2.24) is 9.21 Å². The molecule has 0 atom stereocenters. The Morgan fingerprint density at radius 3 is 2.37 bits per heavy atom. The topological polar surface area (TPSA) is 119 Å². The molecule has 30 heavy (non-hydrogen) atoms. The summed E-state index contributed by atoms with van der Waals surface area (Å²) in [5.74, 6) is 0. The zero-order valence-electron chi connectivity index (χ0n) is 17.5. The second-order valence-corrected chi connectivity index (χ2v) is 11.8. The highest BCUT2D eigenvalue weighted by Crippen LogP contribution is 2.39. The molecule has 1 aliphatic heterocycles. The number of nitrogens with two attached hydrogens (primary N) is 1. The number of primary sulfonamides is 1. The van der Waals surface area contributed by atoms with E-state index in [9.17, 15) is 16.8 Å². The summed E-state index contributed by atoms with van der Waals surface area (Å²) in [4.78, 5) is 2.09. The molecule has 0 saturated carbocycles. The highest BCUT2D eigenvalue weighted by atomic mass is 35.5. The Hall–Kier alpha value is -0.730. The lowest BCUT2D eigenvalue weighted by atomic mass is 10.2. The van der Waals surface area contributed by atoms with Crippen molar-refractivity contribution in [3.63, 3.8) is 0 Å². The van der Waals surface area contributed by atoms with Gasteiger partial charge in [0.05, 0.1) is 6.61 Å². The van der Waals surface area contributed by atoms with Crippen LogP contribution in [0.3, 0.4) is 0 Å². The van der Waals surface area contributed by atoms with Gasteiger partial charge in [-0.15, -0.1) is 23.7 Å². The van der Waals surface area contributed by atoms with Crippen LogP contribution in [0.15, 0.2) is 20.2 Å². The highest BCUT2D eigenvalue weighted by Gasteiger charge is 2.37. The van der Waals surface area contributed by atoms with E-state index in [1.165, 1.54) is 10.4 Å². The number of rotatable bonds is 11. The van der Waals surface area contributed by atoms with Crippen molar-refractivity contribution >= 4 is 49.9 Å². The van der Waals surface area contributed by atoms with Crippen LogP contribution in [0.2, 0.25) is 0 Å². The minimum atomic E-state index is -3.99. The Morgan fingerprint density at radius 1 is 1.20 bits per heavy atom. The third-order valence-corrected chi connectivity index (χ3v) is 9.50. The molecule has 2 heterocycles. The molecule has 0 aromatic carbocycles. The van der Waals surface area contributed by atoms with Gasteiger partial charge in [-0.05, 0) is 32.4 Å². The summed E-state index contributed by atoms with van der Waals surface area (Å²) in [5.41, 5.74) is 0.939. The smallest absolute Gasteiger partial charge is 0.274 e. The molecular formula is C17H30ClN3O6S3. The van der Waals surface area contributed by atoms with Gasteiger partial charge in [0.25, 0.3) is 10.0 Å². The molecule has 9 nitrogen and oxygen atoms in total. The number of fused-ring (bicyclic) bond motifs is 1. The second kappa shape index (κ2) is 11.2. The number of hydrogen-bond acceptors (Lipinski definition) is 8. The molecule has 0 aliphatic carbocycles. The molecular weight excluding hydrogens is 474 g/mol. The number of sulfonamides is 2. The fourth-order valence-corrected chi connectivity index (χ4v) is 7.44. The van der Waals surface area contributed by atoms with E-state index in [0.29, 0.717) is 55.4 Å². The lowest BCUT2D eigenvalue weighted by Crippen LogP contribution is -2.43. The number of methoxy groups -OCH3 is 2. The van der Waals surface area contributed by atoms with Gasteiger partial charge >= 0.3 is 0 Å². The lowest BCUT2D eigenvalue weighted by molar-refractivity contribution is 0.135. The minimum absolute atomic E-state index is 0. The number of ether oxygens (including phenoxy) is 2. The average molecular weight is 504 g/mol. The molecule has 0 radical (unpaired) electrons.